The number of amides is 1. The zero-order valence-corrected chi connectivity index (χ0v) is 15.4. The quantitative estimate of drug-likeness (QED) is 0.867. The van der Waals surface area contributed by atoms with Crippen LogP contribution in [-0.4, -0.2) is 12.0 Å². The van der Waals surface area contributed by atoms with Crippen molar-refractivity contribution in [3.63, 3.8) is 0 Å². The first-order valence-electron chi connectivity index (χ1n) is 8.43. The van der Waals surface area contributed by atoms with Gasteiger partial charge in [0.1, 0.15) is 11.6 Å². The zero-order valence-electron chi connectivity index (χ0n) is 15.4. The van der Waals surface area contributed by atoms with E-state index in [9.17, 15) is 9.18 Å². The van der Waals surface area contributed by atoms with E-state index >= 15 is 0 Å². The summed E-state index contributed by atoms with van der Waals surface area (Å²) in [6.45, 7) is 7.66. The van der Waals surface area contributed by atoms with Gasteiger partial charge >= 0.3 is 0 Å². The molecule has 4 nitrogen and oxygen atoms in total. The molecule has 0 spiro atoms. The van der Waals surface area contributed by atoms with Crippen LogP contribution in [0.5, 0.6) is 5.75 Å². The molecule has 0 aromatic heterocycles. The van der Waals surface area contributed by atoms with E-state index in [0.29, 0.717) is 11.3 Å². The summed E-state index contributed by atoms with van der Waals surface area (Å²) < 4.78 is 18.9. The molecular formula is C21H23FN2O2. The summed E-state index contributed by atoms with van der Waals surface area (Å²) in [6, 6.07) is 14.5. The molecule has 1 N–H and O–H groups in total. The summed E-state index contributed by atoms with van der Waals surface area (Å²) in [6.07, 6.45) is -0.741. The first kappa shape index (κ1) is 19.5. The molecule has 0 saturated carbocycles. The van der Waals surface area contributed by atoms with Crippen LogP contribution in [0, 0.1) is 22.6 Å². The largest absolute Gasteiger partial charge is 0.481 e. The molecule has 136 valence electrons. The maximum absolute atomic E-state index is 13.2. The van der Waals surface area contributed by atoms with Crippen LogP contribution in [0.1, 0.15) is 44.9 Å². The Bertz CT molecular complexity index is 804. The van der Waals surface area contributed by atoms with E-state index in [2.05, 4.69) is 5.32 Å². The molecule has 2 atom stereocenters. The van der Waals surface area contributed by atoms with Gasteiger partial charge in [-0.3, -0.25) is 4.79 Å². The Kier molecular flexibility index (Phi) is 5.99. The lowest BCUT2D eigenvalue weighted by Crippen LogP contribution is -2.43. The number of nitrogens with zero attached hydrogens (tertiary/aromatic N) is 1. The van der Waals surface area contributed by atoms with Crippen molar-refractivity contribution in [3.8, 4) is 11.8 Å². The van der Waals surface area contributed by atoms with E-state index in [1.807, 2.05) is 26.8 Å². The molecular weight excluding hydrogens is 331 g/mol. The molecule has 0 heterocycles. The number of halogens is 1. The Balaban J connectivity index is 2.13. The molecule has 2 aromatic rings. The molecule has 0 fully saturated rings. The van der Waals surface area contributed by atoms with Gasteiger partial charge in [-0.05, 0) is 48.2 Å². The molecule has 0 aliphatic heterocycles. The summed E-state index contributed by atoms with van der Waals surface area (Å²) in [5, 5.41) is 11.9. The predicted octanol–water partition coefficient (Wildman–Crippen LogP) is 4.37. The van der Waals surface area contributed by atoms with Gasteiger partial charge in [-0.2, -0.15) is 5.26 Å². The maximum Gasteiger partial charge on any atom is 0.261 e. The standard InChI is InChI=1S/C21H23FN2O2/c1-14(26-18-7-5-6-15(12-18)13-23)20(25)24-19(21(2,3)4)16-8-10-17(22)11-9-16/h5-12,14,19H,1-4H3,(H,24,25). The highest BCUT2D eigenvalue weighted by molar-refractivity contribution is 5.81. The van der Waals surface area contributed by atoms with Crippen molar-refractivity contribution in [2.45, 2.75) is 39.8 Å². The van der Waals surface area contributed by atoms with E-state index < -0.39 is 6.10 Å². The maximum atomic E-state index is 13.2. The highest BCUT2D eigenvalue weighted by Crippen LogP contribution is 2.33. The van der Waals surface area contributed by atoms with Gasteiger partial charge in [0.2, 0.25) is 0 Å². The van der Waals surface area contributed by atoms with Gasteiger partial charge < -0.3 is 10.1 Å². The minimum atomic E-state index is -0.741. The summed E-state index contributed by atoms with van der Waals surface area (Å²) in [5.41, 5.74) is 1.02. The molecule has 0 aliphatic carbocycles. The minimum absolute atomic E-state index is 0.270. The number of hydrogen-bond acceptors (Lipinski definition) is 3. The smallest absolute Gasteiger partial charge is 0.261 e. The third-order valence-corrected chi connectivity index (χ3v) is 4.00. The van der Waals surface area contributed by atoms with E-state index in [1.54, 1.807) is 43.3 Å². The number of benzene rings is 2. The number of carbonyl (C=O) groups excluding carboxylic acids is 1. The van der Waals surface area contributed by atoms with Crippen LogP contribution in [0.4, 0.5) is 4.39 Å². The molecule has 0 radical (unpaired) electrons. The van der Waals surface area contributed by atoms with Gasteiger partial charge in [0.25, 0.3) is 5.91 Å². The lowest BCUT2D eigenvalue weighted by Gasteiger charge is -2.33. The fourth-order valence-electron chi connectivity index (χ4n) is 2.61. The highest BCUT2D eigenvalue weighted by atomic mass is 19.1. The molecule has 1 amide bonds. The van der Waals surface area contributed by atoms with Gasteiger partial charge in [-0.25, -0.2) is 4.39 Å². The third kappa shape index (κ3) is 5.06. The van der Waals surface area contributed by atoms with E-state index in [0.717, 1.165) is 5.56 Å². The van der Waals surface area contributed by atoms with Crippen LogP contribution in [0.3, 0.4) is 0 Å². The van der Waals surface area contributed by atoms with Crippen LogP contribution >= 0.6 is 0 Å². The zero-order chi connectivity index (χ0) is 19.3. The highest BCUT2D eigenvalue weighted by Gasteiger charge is 2.29. The normalized spacial score (nSPS) is 13.4. The second kappa shape index (κ2) is 8.01. The van der Waals surface area contributed by atoms with Crippen molar-refractivity contribution >= 4 is 5.91 Å². The Hall–Kier alpha value is -2.87. The van der Waals surface area contributed by atoms with E-state index in [-0.39, 0.29) is 23.2 Å². The van der Waals surface area contributed by atoms with Crippen LogP contribution in [0.2, 0.25) is 0 Å². The van der Waals surface area contributed by atoms with Gasteiger partial charge in [0.05, 0.1) is 17.7 Å². The number of rotatable bonds is 5. The molecule has 26 heavy (non-hydrogen) atoms. The second-order valence-corrected chi connectivity index (χ2v) is 7.26. The summed E-state index contributed by atoms with van der Waals surface area (Å²) in [7, 11) is 0. The first-order valence-corrected chi connectivity index (χ1v) is 8.43. The number of nitriles is 1. The minimum Gasteiger partial charge on any atom is -0.481 e. The van der Waals surface area contributed by atoms with Gasteiger partial charge in [-0.15, -0.1) is 0 Å². The van der Waals surface area contributed by atoms with Crippen molar-refractivity contribution in [1.82, 2.24) is 5.32 Å². The molecule has 2 aromatic carbocycles. The topological polar surface area (TPSA) is 62.1 Å². The Morgan fingerprint density at radius 2 is 1.85 bits per heavy atom. The molecule has 2 rings (SSSR count). The van der Waals surface area contributed by atoms with Crippen molar-refractivity contribution in [1.29, 1.82) is 5.26 Å². The predicted molar refractivity (Wildman–Crippen MR) is 98.0 cm³/mol. The van der Waals surface area contributed by atoms with Crippen LogP contribution < -0.4 is 10.1 Å². The summed E-state index contributed by atoms with van der Waals surface area (Å²) >= 11 is 0. The van der Waals surface area contributed by atoms with Crippen molar-refractivity contribution in [2.24, 2.45) is 5.41 Å². The number of carbonyl (C=O) groups is 1. The molecule has 0 bridgehead atoms. The van der Waals surface area contributed by atoms with E-state index in [4.69, 9.17) is 10.00 Å². The lowest BCUT2D eigenvalue weighted by atomic mass is 9.82. The number of nitrogens with one attached hydrogen (secondary N) is 1. The Morgan fingerprint density at radius 3 is 2.42 bits per heavy atom. The summed E-state index contributed by atoms with van der Waals surface area (Å²) in [4.78, 5) is 12.6. The average molecular weight is 354 g/mol. The fraction of sp³-hybridized carbons (Fsp3) is 0.333. The third-order valence-electron chi connectivity index (χ3n) is 4.00. The Labute approximate surface area is 153 Å². The van der Waals surface area contributed by atoms with Crippen LogP contribution in [0.25, 0.3) is 0 Å². The molecule has 2 unspecified atom stereocenters. The van der Waals surface area contributed by atoms with Gasteiger partial charge in [-0.1, -0.05) is 39.0 Å². The average Bonchev–Trinajstić information content (AvgIpc) is 2.59. The van der Waals surface area contributed by atoms with Gasteiger partial charge in [0.15, 0.2) is 6.10 Å². The fourth-order valence-corrected chi connectivity index (χ4v) is 2.61. The van der Waals surface area contributed by atoms with Crippen LogP contribution in [0.15, 0.2) is 48.5 Å². The monoisotopic (exact) mass is 354 g/mol. The number of hydrogen-bond donors (Lipinski definition) is 1. The molecule has 5 heteroatoms. The molecule has 0 saturated heterocycles. The number of ether oxygens (including phenoxy) is 1. The second-order valence-electron chi connectivity index (χ2n) is 7.26. The first-order chi connectivity index (χ1) is 12.2. The van der Waals surface area contributed by atoms with Crippen molar-refractivity contribution < 1.29 is 13.9 Å². The lowest BCUT2D eigenvalue weighted by molar-refractivity contribution is -0.128. The van der Waals surface area contributed by atoms with Crippen molar-refractivity contribution in [2.75, 3.05) is 0 Å². The summed E-state index contributed by atoms with van der Waals surface area (Å²) in [5.74, 6) is -0.140. The SMILES string of the molecule is CC(Oc1cccc(C#N)c1)C(=O)NC(c1ccc(F)cc1)C(C)(C)C. The Morgan fingerprint density at radius 1 is 1.19 bits per heavy atom. The van der Waals surface area contributed by atoms with E-state index in [1.165, 1.54) is 12.1 Å². The van der Waals surface area contributed by atoms with Gasteiger partial charge in [0, 0.05) is 0 Å². The van der Waals surface area contributed by atoms with Crippen molar-refractivity contribution in [3.05, 3.63) is 65.5 Å². The molecule has 0 aliphatic rings. The van der Waals surface area contributed by atoms with Crippen LogP contribution in [-0.2, 0) is 4.79 Å².